The molecule has 0 bridgehead atoms. The number of aromatic nitrogens is 1. The minimum absolute atomic E-state index is 0.137. The van der Waals surface area contributed by atoms with Crippen molar-refractivity contribution < 1.29 is 9.53 Å². The van der Waals surface area contributed by atoms with Gasteiger partial charge in [0.05, 0.1) is 19.2 Å². The lowest BCUT2D eigenvalue weighted by Gasteiger charge is -2.09. The number of hydrogen-bond acceptors (Lipinski definition) is 2. The van der Waals surface area contributed by atoms with Gasteiger partial charge in [0.25, 0.3) is 0 Å². The van der Waals surface area contributed by atoms with Crippen LogP contribution in [0.2, 0.25) is 0 Å². The third-order valence-electron chi connectivity index (χ3n) is 3.99. The van der Waals surface area contributed by atoms with E-state index in [-0.39, 0.29) is 11.3 Å². The van der Waals surface area contributed by atoms with Crippen LogP contribution in [-0.4, -0.2) is 18.0 Å². The molecular formula is C15H17BrN2O2. The molecule has 20 heavy (non-hydrogen) atoms. The van der Waals surface area contributed by atoms with Crippen LogP contribution < -0.4 is 10.1 Å². The van der Waals surface area contributed by atoms with Gasteiger partial charge in [-0.25, -0.2) is 0 Å². The largest absolute Gasteiger partial charge is 0.497 e. The topological polar surface area (TPSA) is 54.1 Å². The molecule has 0 saturated heterocycles. The Morgan fingerprint density at radius 1 is 1.50 bits per heavy atom. The number of aromatic amines is 1. The first-order valence-corrected chi connectivity index (χ1v) is 7.45. The Morgan fingerprint density at radius 3 is 2.90 bits per heavy atom. The average molecular weight is 337 g/mol. The van der Waals surface area contributed by atoms with Crippen LogP contribution in [0.1, 0.15) is 25.5 Å². The highest BCUT2D eigenvalue weighted by Crippen LogP contribution is 2.45. The van der Waals surface area contributed by atoms with Crippen LogP contribution >= 0.6 is 15.9 Å². The summed E-state index contributed by atoms with van der Waals surface area (Å²) >= 11 is 3.59. The number of H-pyrrole nitrogens is 1. The van der Waals surface area contributed by atoms with E-state index in [0.717, 1.165) is 39.7 Å². The number of fused-ring (bicyclic) bond motifs is 1. The molecule has 3 rings (SSSR count). The van der Waals surface area contributed by atoms with E-state index in [4.69, 9.17) is 4.74 Å². The Labute approximate surface area is 126 Å². The van der Waals surface area contributed by atoms with Gasteiger partial charge >= 0.3 is 0 Å². The van der Waals surface area contributed by atoms with E-state index in [9.17, 15) is 4.79 Å². The third kappa shape index (κ3) is 2.30. The van der Waals surface area contributed by atoms with Gasteiger partial charge in [0.1, 0.15) is 5.75 Å². The van der Waals surface area contributed by atoms with Crippen LogP contribution in [0, 0.1) is 5.41 Å². The van der Waals surface area contributed by atoms with Crippen LogP contribution in [0.15, 0.2) is 22.7 Å². The molecule has 106 valence electrons. The third-order valence-corrected chi connectivity index (χ3v) is 4.89. The van der Waals surface area contributed by atoms with Crippen molar-refractivity contribution in [2.24, 2.45) is 5.41 Å². The van der Waals surface area contributed by atoms with Crippen molar-refractivity contribution >= 4 is 32.7 Å². The van der Waals surface area contributed by atoms with Crippen molar-refractivity contribution in [3.63, 3.8) is 0 Å². The summed E-state index contributed by atoms with van der Waals surface area (Å²) in [6.45, 7) is 2.51. The van der Waals surface area contributed by atoms with Crippen molar-refractivity contribution in [1.29, 1.82) is 0 Å². The molecule has 4 nitrogen and oxygen atoms in total. The van der Waals surface area contributed by atoms with E-state index in [1.807, 2.05) is 25.1 Å². The lowest BCUT2D eigenvalue weighted by atomic mass is 10.1. The molecule has 1 heterocycles. The monoisotopic (exact) mass is 336 g/mol. The molecule has 0 atom stereocenters. The number of halogens is 1. The molecule has 1 aliphatic rings. The summed E-state index contributed by atoms with van der Waals surface area (Å²) in [6, 6.07) is 5.88. The molecule has 1 aliphatic carbocycles. The second-order valence-electron chi connectivity index (χ2n) is 5.57. The molecule has 1 fully saturated rings. The van der Waals surface area contributed by atoms with Crippen LogP contribution in [-0.2, 0) is 11.3 Å². The first-order chi connectivity index (χ1) is 9.53. The smallest absolute Gasteiger partial charge is 0.226 e. The predicted octanol–water partition coefficient (Wildman–Crippen LogP) is 3.36. The normalized spacial score (nSPS) is 16.1. The lowest BCUT2D eigenvalue weighted by molar-refractivity contribution is -0.125. The molecule has 5 heteroatoms. The Morgan fingerprint density at radius 2 is 2.25 bits per heavy atom. The number of benzene rings is 1. The standard InChI is InChI=1S/C15H17BrN2O2/c1-15(5-6-15)14(19)17-8-12-13(16)10-4-3-9(20-2)7-11(10)18-12/h3-4,7,18H,5-6,8H2,1-2H3,(H,17,19). The van der Waals surface area contributed by atoms with E-state index in [1.54, 1.807) is 7.11 Å². The number of carbonyl (C=O) groups excluding carboxylic acids is 1. The average Bonchev–Trinajstić information content (AvgIpc) is 3.13. The second kappa shape index (κ2) is 4.81. The molecule has 0 unspecified atom stereocenters. The van der Waals surface area contributed by atoms with Crippen LogP contribution in [0.5, 0.6) is 5.75 Å². The first-order valence-electron chi connectivity index (χ1n) is 6.66. The van der Waals surface area contributed by atoms with Gasteiger partial charge < -0.3 is 15.0 Å². The summed E-state index contributed by atoms with van der Waals surface area (Å²) in [4.78, 5) is 15.3. The van der Waals surface area contributed by atoms with E-state index >= 15 is 0 Å². The summed E-state index contributed by atoms with van der Waals surface area (Å²) in [5.74, 6) is 0.952. The Hall–Kier alpha value is -1.49. The highest BCUT2D eigenvalue weighted by atomic mass is 79.9. The number of hydrogen-bond donors (Lipinski definition) is 2. The number of ether oxygens (including phenoxy) is 1. The molecular weight excluding hydrogens is 320 g/mol. The van der Waals surface area contributed by atoms with E-state index < -0.39 is 0 Å². The number of rotatable bonds is 4. The summed E-state index contributed by atoms with van der Waals surface area (Å²) in [6.07, 6.45) is 1.98. The van der Waals surface area contributed by atoms with Gasteiger partial charge in [-0.3, -0.25) is 4.79 Å². The predicted molar refractivity (Wildman–Crippen MR) is 81.7 cm³/mol. The first kappa shape index (κ1) is 13.5. The van der Waals surface area contributed by atoms with Gasteiger partial charge in [-0.05, 0) is 40.9 Å². The van der Waals surface area contributed by atoms with Crippen molar-refractivity contribution in [2.75, 3.05) is 7.11 Å². The number of carbonyl (C=O) groups is 1. The minimum atomic E-state index is -0.137. The zero-order valence-corrected chi connectivity index (χ0v) is 13.1. The second-order valence-corrected chi connectivity index (χ2v) is 6.37. The summed E-state index contributed by atoms with van der Waals surface area (Å²) < 4.78 is 6.21. The molecule has 0 spiro atoms. The molecule has 1 aromatic carbocycles. The van der Waals surface area contributed by atoms with Gasteiger partial charge in [-0.2, -0.15) is 0 Å². The Balaban J connectivity index is 1.81. The van der Waals surface area contributed by atoms with Crippen LogP contribution in [0.3, 0.4) is 0 Å². The minimum Gasteiger partial charge on any atom is -0.497 e. The zero-order chi connectivity index (χ0) is 14.3. The summed E-state index contributed by atoms with van der Waals surface area (Å²) in [5.41, 5.74) is 1.84. The highest BCUT2D eigenvalue weighted by Gasteiger charge is 2.44. The Kier molecular flexibility index (Phi) is 3.24. The number of nitrogens with one attached hydrogen (secondary N) is 2. The molecule has 1 aromatic heterocycles. The quantitative estimate of drug-likeness (QED) is 0.899. The van der Waals surface area contributed by atoms with Crippen LogP contribution in [0.25, 0.3) is 10.9 Å². The lowest BCUT2D eigenvalue weighted by Crippen LogP contribution is -2.29. The molecule has 1 saturated carbocycles. The van der Waals surface area contributed by atoms with Gasteiger partial charge in [0, 0.05) is 27.0 Å². The van der Waals surface area contributed by atoms with E-state index in [2.05, 4.69) is 26.2 Å². The highest BCUT2D eigenvalue weighted by molar-refractivity contribution is 9.10. The maximum Gasteiger partial charge on any atom is 0.226 e. The van der Waals surface area contributed by atoms with Gasteiger partial charge in [-0.15, -0.1) is 0 Å². The SMILES string of the molecule is COc1ccc2c(Br)c(CNC(=O)C3(C)CC3)[nH]c2c1. The summed E-state index contributed by atoms with van der Waals surface area (Å²) in [7, 11) is 1.65. The van der Waals surface area contributed by atoms with Crippen molar-refractivity contribution in [3.8, 4) is 5.75 Å². The van der Waals surface area contributed by atoms with Gasteiger partial charge in [0.2, 0.25) is 5.91 Å². The fourth-order valence-electron chi connectivity index (χ4n) is 2.24. The maximum atomic E-state index is 12.0. The molecule has 1 amide bonds. The zero-order valence-electron chi connectivity index (χ0n) is 11.5. The van der Waals surface area contributed by atoms with Crippen molar-refractivity contribution in [3.05, 3.63) is 28.4 Å². The number of methoxy groups -OCH3 is 1. The van der Waals surface area contributed by atoms with Crippen molar-refractivity contribution in [1.82, 2.24) is 10.3 Å². The molecule has 2 aromatic rings. The maximum absolute atomic E-state index is 12.0. The van der Waals surface area contributed by atoms with Gasteiger partial charge in [-0.1, -0.05) is 6.92 Å². The fourth-order valence-corrected chi connectivity index (χ4v) is 2.83. The van der Waals surface area contributed by atoms with Crippen LogP contribution in [0.4, 0.5) is 0 Å². The molecule has 0 aliphatic heterocycles. The van der Waals surface area contributed by atoms with Gasteiger partial charge in [0.15, 0.2) is 0 Å². The molecule has 0 radical (unpaired) electrons. The Bertz CT molecular complexity index is 674. The number of amides is 1. The van der Waals surface area contributed by atoms with Crippen molar-refractivity contribution in [2.45, 2.75) is 26.3 Å². The summed E-state index contributed by atoms with van der Waals surface area (Å²) in [5, 5.41) is 4.09. The van der Waals surface area contributed by atoms with E-state index in [1.165, 1.54) is 0 Å². The van der Waals surface area contributed by atoms with E-state index in [0.29, 0.717) is 6.54 Å². The molecule has 2 N–H and O–H groups in total. The fraction of sp³-hybridized carbons (Fsp3) is 0.400.